The number of carbonyl (C=O) groups is 2. The van der Waals surface area contributed by atoms with Crippen molar-refractivity contribution in [3.63, 3.8) is 0 Å². The molecule has 0 spiro atoms. The van der Waals surface area contributed by atoms with E-state index in [-0.39, 0.29) is 23.2 Å². The van der Waals surface area contributed by atoms with Crippen molar-refractivity contribution in [3.05, 3.63) is 54.0 Å². The molecule has 1 aliphatic rings. The maximum atomic E-state index is 12.2. The van der Waals surface area contributed by atoms with Gasteiger partial charge in [-0.3, -0.25) is 9.69 Å². The molecule has 1 aromatic carbocycles. The molecule has 0 radical (unpaired) electrons. The van der Waals surface area contributed by atoms with E-state index in [0.717, 1.165) is 31.9 Å². The minimum Gasteiger partial charge on any atom is -0.459 e. The smallest absolute Gasteiger partial charge is 0.315 e. The summed E-state index contributed by atoms with van der Waals surface area (Å²) in [7, 11) is 0. The van der Waals surface area contributed by atoms with Gasteiger partial charge in [0, 0.05) is 37.4 Å². The van der Waals surface area contributed by atoms with Crippen LogP contribution in [0.25, 0.3) is 0 Å². The third-order valence-corrected chi connectivity index (χ3v) is 4.96. The van der Waals surface area contributed by atoms with Crippen LogP contribution in [0.1, 0.15) is 30.0 Å². The van der Waals surface area contributed by atoms with Crippen LogP contribution < -0.4 is 16.0 Å². The number of furan rings is 1. The van der Waals surface area contributed by atoms with Crippen molar-refractivity contribution in [2.45, 2.75) is 25.9 Å². The second kappa shape index (κ2) is 9.58. The Balaban J connectivity index is 1.41. The lowest BCUT2D eigenvalue weighted by Gasteiger charge is -2.40. The van der Waals surface area contributed by atoms with Gasteiger partial charge in [0.25, 0.3) is 5.91 Å². The molecule has 8 nitrogen and oxygen atoms in total. The van der Waals surface area contributed by atoms with Crippen LogP contribution in [-0.2, 0) is 11.3 Å². The van der Waals surface area contributed by atoms with Gasteiger partial charge in [0.1, 0.15) is 0 Å². The molecule has 2 heterocycles. The number of amides is 3. The third kappa shape index (κ3) is 6.07. The number of hydrogen-bond donors (Lipinski definition) is 3. The van der Waals surface area contributed by atoms with E-state index >= 15 is 0 Å². The summed E-state index contributed by atoms with van der Waals surface area (Å²) >= 11 is 0. The average Bonchev–Trinajstić information content (AvgIpc) is 3.28. The normalized spacial score (nSPS) is 15.0. The Morgan fingerprint density at radius 1 is 1.07 bits per heavy atom. The maximum absolute atomic E-state index is 12.2. The Hall–Kier alpha value is -2.84. The number of morpholine rings is 1. The lowest BCUT2D eigenvalue weighted by Crippen LogP contribution is -2.56. The maximum Gasteiger partial charge on any atom is 0.315 e. The molecule has 1 fully saturated rings. The number of anilines is 1. The molecule has 0 aliphatic carbocycles. The van der Waals surface area contributed by atoms with Crippen molar-refractivity contribution >= 4 is 17.6 Å². The summed E-state index contributed by atoms with van der Waals surface area (Å²) in [4.78, 5) is 26.4. The van der Waals surface area contributed by atoms with E-state index in [0.29, 0.717) is 18.8 Å². The first kappa shape index (κ1) is 20.9. The first-order chi connectivity index (χ1) is 13.9. The third-order valence-electron chi connectivity index (χ3n) is 4.96. The van der Waals surface area contributed by atoms with Crippen molar-refractivity contribution in [1.82, 2.24) is 15.5 Å². The Morgan fingerprint density at radius 2 is 1.79 bits per heavy atom. The van der Waals surface area contributed by atoms with Crippen molar-refractivity contribution in [3.8, 4) is 0 Å². The van der Waals surface area contributed by atoms with E-state index < -0.39 is 0 Å². The predicted octanol–water partition coefficient (Wildman–Crippen LogP) is 2.44. The van der Waals surface area contributed by atoms with Crippen molar-refractivity contribution < 1.29 is 18.7 Å². The van der Waals surface area contributed by atoms with Crippen molar-refractivity contribution in [2.75, 3.05) is 38.2 Å². The van der Waals surface area contributed by atoms with E-state index in [9.17, 15) is 9.59 Å². The monoisotopic (exact) mass is 400 g/mol. The number of rotatable bonds is 7. The molecule has 0 atom stereocenters. The largest absolute Gasteiger partial charge is 0.459 e. The molecular weight excluding hydrogens is 372 g/mol. The highest BCUT2D eigenvalue weighted by atomic mass is 16.5. The quantitative estimate of drug-likeness (QED) is 0.663. The van der Waals surface area contributed by atoms with Crippen LogP contribution in [0.5, 0.6) is 0 Å². The molecule has 1 aliphatic heterocycles. The molecule has 1 saturated heterocycles. The van der Waals surface area contributed by atoms with E-state index in [1.165, 1.54) is 6.26 Å². The molecule has 8 heteroatoms. The molecule has 0 saturated carbocycles. The summed E-state index contributed by atoms with van der Waals surface area (Å²) < 4.78 is 10.5. The van der Waals surface area contributed by atoms with Crippen molar-refractivity contribution in [2.24, 2.45) is 0 Å². The number of hydrogen-bond acceptors (Lipinski definition) is 5. The highest BCUT2D eigenvalue weighted by Crippen LogP contribution is 2.15. The van der Waals surface area contributed by atoms with Gasteiger partial charge in [0.05, 0.1) is 19.5 Å². The fourth-order valence-electron chi connectivity index (χ4n) is 3.13. The Labute approximate surface area is 170 Å². The molecule has 0 bridgehead atoms. The van der Waals surface area contributed by atoms with Gasteiger partial charge in [-0.2, -0.15) is 0 Å². The number of ether oxygens (including phenoxy) is 1. The summed E-state index contributed by atoms with van der Waals surface area (Å²) in [6.45, 7) is 8.40. The topological polar surface area (TPSA) is 95.8 Å². The van der Waals surface area contributed by atoms with Gasteiger partial charge in [-0.15, -0.1) is 0 Å². The fourth-order valence-corrected chi connectivity index (χ4v) is 3.13. The van der Waals surface area contributed by atoms with Crippen LogP contribution in [0.2, 0.25) is 0 Å². The standard InChI is InChI=1S/C21H28N4O4/c1-21(2,25-9-12-28-13-10-25)15-23-20(27)22-14-16-5-7-17(8-6-16)24-19(26)18-4-3-11-29-18/h3-8,11H,9-10,12-15H2,1-2H3,(H,24,26)(H2,22,23,27). The molecule has 1 aromatic heterocycles. The van der Waals surface area contributed by atoms with Crippen LogP contribution in [-0.4, -0.2) is 55.2 Å². The molecule has 3 N–H and O–H groups in total. The molecule has 2 aromatic rings. The zero-order chi connectivity index (χ0) is 20.7. The van der Waals surface area contributed by atoms with Crippen LogP contribution in [0.4, 0.5) is 10.5 Å². The van der Waals surface area contributed by atoms with Gasteiger partial charge < -0.3 is 25.1 Å². The van der Waals surface area contributed by atoms with E-state index in [2.05, 4.69) is 34.7 Å². The fraction of sp³-hybridized carbons (Fsp3) is 0.429. The minimum absolute atomic E-state index is 0.130. The lowest BCUT2D eigenvalue weighted by atomic mass is 10.0. The highest BCUT2D eigenvalue weighted by Gasteiger charge is 2.28. The lowest BCUT2D eigenvalue weighted by molar-refractivity contribution is -0.00874. The molecular formula is C21H28N4O4. The summed E-state index contributed by atoms with van der Waals surface area (Å²) in [6, 6.07) is 10.4. The zero-order valence-corrected chi connectivity index (χ0v) is 16.9. The Kier molecular flexibility index (Phi) is 6.90. The Morgan fingerprint density at radius 3 is 2.45 bits per heavy atom. The first-order valence-corrected chi connectivity index (χ1v) is 9.72. The molecule has 29 heavy (non-hydrogen) atoms. The van der Waals surface area contributed by atoms with Gasteiger partial charge in [-0.1, -0.05) is 12.1 Å². The highest BCUT2D eigenvalue weighted by molar-refractivity contribution is 6.02. The van der Waals surface area contributed by atoms with Crippen molar-refractivity contribution in [1.29, 1.82) is 0 Å². The second-order valence-corrected chi connectivity index (χ2v) is 7.58. The number of nitrogens with one attached hydrogen (secondary N) is 3. The van der Waals surface area contributed by atoms with Crippen LogP contribution in [0, 0.1) is 0 Å². The minimum atomic E-state index is -0.303. The van der Waals surface area contributed by atoms with Gasteiger partial charge in [0.2, 0.25) is 0 Å². The van der Waals surface area contributed by atoms with Gasteiger partial charge >= 0.3 is 6.03 Å². The predicted molar refractivity (Wildman–Crippen MR) is 110 cm³/mol. The number of urea groups is 1. The molecule has 3 rings (SSSR count). The van der Waals surface area contributed by atoms with Gasteiger partial charge in [-0.25, -0.2) is 4.79 Å². The van der Waals surface area contributed by atoms with Crippen LogP contribution in [0.3, 0.4) is 0 Å². The average molecular weight is 400 g/mol. The SMILES string of the molecule is CC(C)(CNC(=O)NCc1ccc(NC(=O)c2ccco2)cc1)N1CCOCC1. The van der Waals surface area contributed by atoms with Crippen LogP contribution >= 0.6 is 0 Å². The summed E-state index contributed by atoms with van der Waals surface area (Å²) in [5.74, 6) is -0.0458. The number of carbonyl (C=O) groups excluding carboxylic acids is 2. The summed E-state index contributed by atoms with van der Waals surface area (Å²) in [5, 5.41) is 8.56. The van der Waals surface area contributed by atoms with Gasteiger partial charge in [-0.05, 0) is 43.7 Å². The number of nitrogens with zero attached hydrogens (tertiary/aromatic N) is 1. The summed E-state index contributed by atoms with van der Waals surface area (Å²) in [6.07, 6.45) is 1.46. The summed E-state index contributed by atoms with van der Waals surface area (Å²) in [5.41, 5.74) is 1.46. The molecule has 156 valence electrons. The van der Waals surface area contributed by atoms with Gasteiger partial charge in [0.15, 0.2) is 5.76 Å². The number of benzene rings is 1. The van der Waals surface area contributed by atoms with E-state index in [4.69, 9.17) is 9.15 Å². The molecule has 3 amide bonds. The van der Waals surface area contributed by atoms with E-state index in [1.807, 2.05) is 12.1 Å². The molecule has 0 unspecified atom stereocenters. The Bertz CT molecular complexity index is 797. The zero-order valence-electron chi connectivity index (χ0n) is 16.9. The second-order valence-electron chi connectivity index (χ2n) is 7.58. The van der Waals surface area contributed by atoms with Crippen LogP contribution in [0.15, 0.2) is 47.1 Å². The first-order valence-electron chi connectivity index (χ1n) is 9.72. The van der Waals surface area contributed by atoms with E-state index in [1.54, 1.807) is 24.3 Å².